The summed E-state index contributed by atoms with van der Waals surface area (Å²) < 4.78 is 0. The van der Waals surface area contributed by atoms with E-state index in [1.54, 1.807) is 0 Å². The maximum absolute atomic E-state index is 11.8. The Hall–Kier alpha value is -1.10. The Labute approximate surface area is 107 Å². The molecule has 3 unspecified atom stereocenters. The van der Waals surface area contributed by atoms with Gasteiger partial charge in [-0.1, -0.05) is 6.42 Å². The van der Waals surface area contributed by atoms with Crippen molar-refractivity contribution in [1.29, 1.82) is 0 Å². The topological polar surface area (TPSA) is 86.6 Å². The molecular formula is C13H21NO4. The van der Waals surface area contributed by atoms with E-state index in [-0.39, 0.29) is 18.9 Å². The normalized spacial score (nSPS) is 31.3. The number of rotatable bonds is 6. The van der Waals surface area contributed by atoms with E-state index in [4.69, 9.17) is 10.2 Å². The fourth-order valence-corrected chi connectivity index (χ4v) is 3.50. The third kappa shape index (κ3) is 3.02. The van der Waals surface area contributed by atoms with Gasteiger partial charge in [0.15, 0.2) is 0 Å². The van der Waals surface area contributed by atoms with E-state index in [9.17, 15) is 9.59 Å². The molecule has 0 heterocycles. The lowest BCUT2D eigenvalue weighted by Gasteiger charge is -2.22. The lowest BCUT2D eigenvalue weighted by molar-refractivity contribution is -0.142. The van der Waals surface area contributed by atoms with Gasteiger partial charge in [-0.3, -0.25) is 4.79 Å². The summed E-state index contributed by atoms with van der Waals surface area (Å²) in [6, 6.07) is -0.957. The summed E-state index contributed by atoms with van der Waals surface area (Å²) in [4.78, 5) is 22.7. The van der Waals surface area contributed by atoms with E-state index >= 15 is 0 Å². The molecule has 1 amide bonds. The number of carbonyl (C=O) groups is 2. The number of carboxylic acids is 1. The molecule has 0 aliphatic heterocycles. The second-order valence-corrected chi connectivity index (χ2v) is 5.61. The van der Waals surface area contributed by atoms with Crippen molar-refractivity contribution in [3.8, 4) is 0 Å². The maximum Gasteiger partial charge on any atom is 0.326 e. The second kappa shape index (κ2) is 5.69. The van der Waals surface area contributed by atoms with Crippen LogP contribution >= 0.6 is 0 Å². The number of carbonyl (C=O) groups excluding carboxylic acids is 1. The van der Waals surface area contributed by atoms with Crippen molar-refractivity contribution >= 4 is 11.9 Å². The van der Waals surface area contributed by atoms with E-state index in [1.165, 1.54) is 19.3 Å². The van der Waals surface area contributed by atoms with E-state index in [2.05, 4.69) is 5.32 Å². The predicted molar refractivity (Wildman–Crippen MR) is 64.8 cm³/mol. The van der Waals surface area contributed by atoms with E-state index < -0.39 is 12.0 Å². The number of nitrogens with one attached hydrogen (secondary N) is 1. The molecule has 102 valence electrons. The van der Waals surface area contributed by atoms with Crippen LogP contribution in [-0.4, -0.2) is 34.7 Å². The first-order chi connectivity index (χ1) is 8.60. The van der Waals surface area contributed by atoms with Crippen LogP contribution in [0.4, 0.5) is 0 Å². The van der Waals surface area contributed by atoms with Crippen LogP contribution in [0.25, 0.3) is 0 Å². The van der Waals surface area contributed by atoms with Gasteiger partial charge in [0.25, 0.3) is 0 Å². The minimum atomic E-state index is -1.08. The summed E-state index contributed by atoms with van der Waals surface area (Å²) in [7, 11) is 0. The lowest BCUT2D eigenvalue weighted by Crippen LogP contribution is -2.42. The van der Waals surface area contributed by atoms with Gasteiger partial charge in [-0.05, 0) is 37.0 Å². The monoisotopic (exact) mass is 255 g/mol. The molecule has 0 aromatic heterocycles. The third-order valence-electron chi connectivity index (χ3n) is 4.38. The molecular weight excluding hydrogens is 234 g/mol. The molecule has 5 heteroatoms. The highest BCUT2D eigenvalue weighted by atomic mass is 16.4. The molecule has 0 spiro atoms. The lowest BCUT2D eigenvalue weighted by atomic mass is 9.86. The van der Waals surface area contributed by atoms with Crippen LogP contribution in [-0.2, 0) is 9.59 Å². The average Bonchev–Trinajstić information content (AvgIpc) is 2.90. The number of aliphatic hydroxyl groups is 1. The van der Waals surface area contributed by atoms with Crippen LogP contribution in [0.15, 0.2) is 0 Å². The Morgan fingerprint density at radius 3 is 2.56 bits per heavy atom. The molecule has 2 aliphatic rings. The summed E-state index contributed by atoms with van der Waals surface area (Å²) >= 11 is 0. The molecule has 0 radical (unpaired) electrons. The third-order valence-corrected chi connectivity index (χ3v) is 4.38. The van der Waals surface area contributed by atoms with E-state index in [0.29, 0.717) is 18.3 Å². The molecule has 0 aromatic rings. The number of aliphatic hydroxyl groups excluding tert-OH is 1. The van der Waals surface area contributed by atoms with Crippen LogP contribution in [0, 0.1) is 17.8 Å². The van der Waals surface area contributed by atoms with Crippen molar-refractivity contribution in [1.82, 2.24) is 5.32 Å². The maximum atomic E-state index is 11.8. The molecule has 4 atom stereocenters. The highest BCUT2D eigenvalue weighted by Crippen LogP contribution is 2.49. The van der Waals surface area contributed by atoms with Crippen LogP contribution in [0.2, 0.25) is 0 Å². The smallest absolute Gasteiger partial charge is 0.326 e. The van der Waals surface area contributed by atoms with Crippen molar-refractivity contribution in [2.75, 3.05) is 6.61 Å². The number of carboxylic acid groups (broad SMARTS) is 1. The van der Waals surface area contributed by atoms with Crippen molar-refractivity contribution in [2.45, 2.75) is 44.6 Å². The van der Waals surface area contributed by atoms with Crippen LogP contribution < -0.4 is 5.32 Å². The first-order valence-electron chi connectivity index (χ1n) is 6.73. The number of amides is 1. The SMILES string of the molecule is O=C(CC1CC2CCC1C2)N[C@@H](CCO)C(=O)O. The average molecular weight is 255 g/mol. The van der Waals surface area contributed by atoms with Gasteiger partial charge in [0.05, 0.1) is 0 Å². The minimum absolute atomic E-state index is 0.0673. The largest absolute Gasteiger partial charge is 0.480 e. The van der Waals surface area contributed by atoms with Crippen molar-refractivity contribution in [2.24, 2.45) is 17.8 Å². The Bertz CT molecular complexity index is 331. The number of fused-ring (bicyclic) bond motifs is 2. The first kappa shape index (κ1) is 13.3. The van der Waals surface area contributed by atoms with Gasteiger partial charge in [-0.25, -0.2) is 4.79 Å². The molecule has 2 bridgehead atoms. The van der Waals surface area contributed by atoms with Gasteiger partial charge in [0.2, 0.25) is 5.91 Å². The van der Waals surface area contributed by atoms with Crippen LogP contribution in [0.3, 0.4) is 0 Å². The van der Waals surface area contributed by atoms with Gasteiger partial charge in [-0.2, -0.15) is 0 Å². The quantitative estimate of drug-likeness (QED) is 0.654. The first-order valence-corrected chi connectivity index (χ1v) is 6.73. The Balaban J connectivity index is 1.79. The zero-order valence-electron chi connectivity index (χ0n) is 10.5. The molecule has 2 fully saturated rings. The van der Waals surface area contributed by atoms with Crippen molar-refractivity contribution in [3.05, 3.63) is 0 Å². The van der Waals surface area contributed by atoms with Gasteiger partial charge < -0.3 is 15.5 Å². The van der Waals surface area contributed by atoms with Gasteiger partial charge in [0, 0.05) is 19.4 Å². The molecule has 0 aromatic carbocycles. The Morgan fingerprint density at radius 1 is 1.28 bits per heavy atom. The summed E-state index contributed by atoms with van der Waals surface area (Å²) in [6.45, 7) is -0.231. The highest BCUT2D eigenvalue weighted by Gasteiger charge is 2.40. The molecule has 5 nitrogen and oxygen atoms in total. The molecule has 0 saturated heterocycles. The van der Waals surface area contributed by atoms with Gasteiger partial charge in [0.1, 0.15) is 6.04 Å². The number of hydrogen-bond donors (Lipinski definition) is 3. The predicted octanol–water partition coefficient (Wildman–Crippen LogP) is 0.764. The summed E-state index contributed by atoms with van der Waals surface area (Å²) in [5, 5.41) is 20.2. The minimum Gasteiger partial charge on any atom is -0.480 e. The van der Waals surface area contributed by atoms with Crippen LogP contribution in [0.5, 0.6) is 0 Å². The molecule has 3 N–H and O–H groups in total. The fraction of sp³-hybridized carbons (Fsp3) is 0.846. The van der Waals surface area contributed by atoms with E-state index in [0.717, 1.165) is 12.3 Å². The Morgan fingerprint density at radius 2 is 2.06 bits per heavy atom. The second-order valence-electron chi connectivity index (χ2n) is 5.61. The van der Waals surface area contributed by atoms with Crippen molar-refractivity contribution < 1.29 is 19.8 Å². The zero-order chi connectivity index (χ0) is 13.1. The molecule has 2 saturated carbocycles. The number of hydrogen-bond acceptors (Lipinski definition) is 3. The van der Waals surface area contributed by atoms with E-state index in [1.807, 2.05) is 0 Å². The van der Waals surface area contributed by atoms with Crippen molar-refractivity contribution in [3.63, 3.8) is 0 Å². The molecule has 2 rings (SSSR count). The standard InChI is InChI=1S/C13H21NO4/c15-4-3-11(13(17)18)14-12(16)7-10-6-8-1-2-9(10)5-8/h8-11,15H,1-7H2,(H,14,16)(H,17,18)/t8?,9?,10?,11-/m0/s1. The summed E-state index contributed by atoms with van der Waals surface area (Å²) in [6.07, 6.45) is 5.40. The van der Waals surface area contributed by atoms with Gasteiger partial charge >= 0.3 is 5.97 Å². The zero-order valence-corrected chi connectivity index (χ0v) is 10.5. The highest BCUT2D eigenvalue weighted by molar-refractivity contribution is 5.83. The molecule has 18 heavy (non-hydrogen) atoms. The summed E-state index contributed by atoms with van der Waals surface area (Å²) in [5.41, 5.74) is 0. The Kier molecular flexibility index (Phi) is 4.22. The van der Waals surface area contributed by atoms with Crippen LogP contribution in [0.1, 0.15) is 38.5 Å². The summed E-state index contributed by atoms with van der Waals surface area (Å²) in [5.74, 6) is 0.633. The molecule has 2 aliphatic carbocycles. The number of aliphatic carboxylic acids is 1. The fourth-order valence-electron chi connectivity index (χ4n) is 3.50. The van der Waals surface area contributed by atoms with Gasteiger partial charge in [-0.15, -0.1) is 0 Å².